The summed E-state index contributed by atoms with van der Waals surface area (Å²) in [5, 5.41) is 2.84. The quantitative estimate of drug-likeness (QED) is 0.580. The van der Waals surface area contributed by atoms with E-state index in [4.69, 9.17) is 9.47 Å². The average Bonchev–Trinajstić information content (AvgIpc) is 2.78. The van der Waals surface area contributed by atoms with Crippen LogP contribution >= 0.6 is 0 Å². The van der Waals surface area contributed by atoms with Crippen molar-refractivity contribution in [2.24, 2.45) is 0 Å². The van der Waals surface area contributed by atoms with Crippen LogP contribution in [-0.2, 0) is 19.5 Å². The first kappa shape index (κ1) is 24.4. The predicted molar refractivity (Wildman–Crippen MR) is 123 cm³/mol. The minimum atomic E-state index is -3.70. The van der Waals surface area contributed by atoms with Crippen molar-refractivity contribution in [1.29, 1.82) is 0 Å². The zero-order valence-electron chi connectivity index (χ0n) is 18.9. The normalized spacial score (nSPS) is 20.6. The number of hydrogen-bond acceptors (Lipinski definition) is 5. The van der Waals surface area contributed by atoms with E-state index in [1.54, 1.807) is 12.1 Å². The molecule has 3 rings (SSSR count). The molecular weight excluding hydrogens is 428 g/mol. The number of benzene rings is 2. The number of morpholine rings is 1. The van der Waals surface area contributed by atoms with E-state index in [1.807, 2.05) is 51.1 Å². The molecule has 2 aromatic carbocycles. The maximum Gasteiger partial charge on any atom is 0.251 e. The van der Waals surface area contributed by atoms with Crippen LogP contribution in [0.3, 0.4) is 0 Å². The molecule has 3 atom stereocenters. The Morgan fingerprint density at radius 2 is 1.81 bits per heavy atom. The highest BCUT2D eigenvalue weighted by Gasteiger charge is 2.32. The van der Waals surface area contributed by atoms with Crippen molar-refractivity contribution >= 4 is 15.9 Å². The Morgan fingerprint density at radius 1 is 1.12 bits per heavy atom. The molecule has 174 valence electrons. The highest BCUT2D eigenvalue weighted by atomic mass is 32.2. The van der Waals surface area contributed by atoms with Gasteiger partial charge in [0.25, 0.3) is 5.91 Å². The summed E-state index contributed by atoms with van der Waals surface area (Å²) < 4.78 is 39.0. The summed E-state index contributed by atoms with van der Waals surface area (Å²) >= 11 is 0. The Morgan fingerprint density at radius 3 is 2.50 bits per heavy atom. The second kappa shape index (κ2) is 11.0. The van der Waals surface area contributed by atoms with E-state index in [1.165, 1.54) is 16.4 Å². The van der Waals surface area contributed by atoms with E-state index in [9.17, 15) is 13.2 Å². The largest absolute Gasteiger partial charge is 0.374 e. The summed E-state index contributed by atoms with van der Waals surface area (Å²) in [6, 6.07) is 16.1. The summed E-state index contributed by atoms with van der Waals surface area (Å²) in [5.74, 6) is -0.304. The molecule has 2 aromatic rings. The fourth-order valence-electron chi connectivity index (χ4n) is 3.73. The van der Waals surface area contributed by atoms with Gasteiger partial charge in [-0.05, 0) is 51.0 Å². The first-order chi connectivity index (χ1) is 15.3. The number of nitrogens with one attached hydrogen (secondary N) is 1. The third-order valence-corrected chi connectivity index (χ3v) is 7.19. The van der Waals surface area contributed by atoms with Crippen molar-refractivity contribution in [2.45, 2.75) is 50.4 Å². The van der Waals surface area contributed by atoms with Crippen molar-refractivity contribution in [2.75, 3.05) is 26.2 Å². The van der Waals surface area contributed by atoms with Gasteiger partial charge in [-0.3, -0.25) is 4.79 Å². The molecule has 0 aromatic heterocycles. The standard InChI is InChI=1S/C24H32N2O5S/c1-18-16-26(17-19(2)31-18)32(28,29)23-12-7-11-22(15-23)24(27)25-13-8-14-30-20(3)21-9-5-4-6-10-21/h4-7,9-12,15,18-20H,8,13-14,16-17H2,1-3H3,(H,25,27). The molecule has 0 radical (unpaired) electrons. The summed E-state index contributed by atoms with van der Waals surface area (Å²) in [7, 11) is -3.70. The van der Waals surface area contributed by atoms with Crippen LogP contribution in [0.4, 0.5) is 0 Å². The molecule has 0 bridgehead atoms. The first-order valence-electron chi connectivity index (χ1n) is 11.0. The molecule has 1 N–H and O–H groups in total. The van der Waals surface area contributed by atoms with Crippen LogP contribution in [-0.4, -0.2) is 57.1 Å². The zero-order chi connectivity index (χ0) is 23.1. The number of amides is 1. The van der Waals surface area contributed by atoms with Crippen LogP contribution < -0.4 is 5.32 Å². The Kier molecular flexibility index (Phi) is 8.42. The molecule has 1 heterocycles. The lowest BCUT2D eigenvalue weighted by Crippen LogP contribution is -2.48. The van der Waals surface area contributed by atoms with Crippen LogP contribution in [0.1, 0.15) is 49.2 Å². The minimum Gasteiger partial charge on any atom is -0.374 e. The van der Waals surface area contributed by atoms with Gasteiger partial charge in [-0.1, -0.05) is 36.4 Å². The topological polar surface area (TPSA) is 84.9 Å². The van der Waals surface area contributed by atoms with Crippen LogP contribution in [0.5, 0.6) is 0 Å². The molecule has 32 heavy (non-hydrogen) atoms. The van der Waals surface area contributed by atoms with Gasteiger partial charge in [0, 0.05) is 31.8 Å². The van der Waals surface area contributed by atoms with Crippen molar-refractivity contribution in [3.05, 3.63) is 65.7 Å². The van der Waals surface area contributed by atoms with Crippen LogP contribution in [0.25, 0.3) is 0 Å². The number of ether oxygens (including phenoxy) is 2. The molecule has 1 saturated heterocycles. The molecule has 8 heteroatoms. The second-order valence-corrected chi connectivity index (χ2v) is 10.1. The lowest BCUT2D eigenvalue weighted by atomic mass is 10.1. The molecular formula is C24H32N2O5S. The van der Waals surface area contributed by atoms with Crippen molar-refractivity contribution < 1.29 is 22.7 Å². The second-order valence-electron chi connectivity index (χ2n) is 8.14. The maximum absolute atomic E-state index is 13.1. The molecule has 0 spiro atoms. The monoisotopic (exact) mass is 460 g/mol. The lowest BCUT2D eigenvalue weighted by molar-refractivity contribution is -0.0440. The summed E-state index contributed by atoms with van der Waals surface area (Å²) in [5.41, 5.74) is 1.43. The van der Waals surface area contributed by atoms with Crippen LogP contribution in [0.15, 0.2) is 59.5 Å². The SMILES string of the molecule is CC1CN(S(=O)(=O)c2cccc(C(=O)NCCCOC(C)c3ccccc3)c2)CC(C)O1. The van der Waals surface area contributed by atoms with E-state index < -0.39 is 10.0 Å². The van der Waals surface area contributed by atoms with Crippen molar-refractivity contribution in [3.63, 3.8) is 0 Å². The number of hydrogen-bond donors (Lipinski definition) is 1. The Labute approximate surface area is 190 Å². The molecule has 7 nitrogen and oxygen atoms in total. The Hall–Kier alpha value is -2.26. The number of sulfonamides is 1. The van der Waals surface area contributed by atoms with Gasteiger partial charge < -0.3 is 14.8 Å². The van der Waals surface area contributed by atoms with Crippen molar-refractivity contribution in [3.8, 4) is 0 Å². The molecule has 0 aliphatic carbocycles. The van der Waals surface area contributed by atoms with E-state index in [-0.39, 0.29) is 29.1 Å². The van der Waals surface area contributed by atoms with Gasteiger partial charge in [-0.15, -0.1) is 0 Å². The summed E-state index contributed by atoms with van der Waals surface area (Å²) in [6.45, 7) is 7.25. The van der Waals surface area contributed by atoms with Crippen molar-refractivity contribution in [1.82, 2.24) is 9.62 Å². The fourth-order valence-corrected chi connectivity index (χ4v) is 5.37. The minimum absolute atomic E-state index is 0.0144. The van der Waals surface area contributed by atoms with Gasteiger partial charge in [0.15, 0.2) is 0 Å². The number of carbonyl (C=O) groups excluding carboxylic acids is 1. The van der Waals surface area contributed by atoms with Crippen LogP contribution in [0.2, 0.25) is 0 Å². The molecule has 1 aliphatic heterocycles. The van der Waals surface area contributed by atoms with E-state index in [2.05, 4.69) is 5.32 Å². The van der Waals surface area contributed by atoms with Gasteiger partial charge in [-0.2, -0.15) is 4.31 Å². The number of nitrogens with zero attached hydrogens (tertiary/aromatic N) is 1. The Bertz CT molecular complexity index is 986. The fraction of sp³-hybridized carbons (Fsp3) is 0.458. The molecule has 3 unspecified atom stereocenters. The highest BCUT2D eigenvalue weighted by molar-refractivity contribution is 7.89. The zero-order valence-corrected chi connectivity index (χ0v) is 19.7. The van der Waals surface area contributed by atoms with Gasteiger partial charge in [-0.25, -0.2) is 8.42 Å². The molecule has 1 aliphatic rings. The highest BCUT2D eigenvalue weighted by Crippen LogP contribution is 2.22. The lowest BCUT2D eigenvalue weighted by Gasteiger charge is -2.34. The number of rotatable bonds is 9. The molecule has 1 fully saturated rings. The first-order valence-corrected chi connectivity index (χ1v) is 12.4. The third kappa shape index (κ3) is 6.38. The summed E-state index contributed by atoms with van der Waals surface area (Å²) in [6.07, 6.45) is 0.294. The molecule has 1 amide bonds. The third-order valence-electron chi connectivity index (χ3n) is 5.36. The van der Waals surface area contributed by atoms with Crippen LogP contribution in [0, 0.1) is 0 Å². The van der Waals surface area contributed by atoms with E-state index in [0.29, 0.717) is 38.2 Å². The van der Waals surface area contributed by atoms with E-state index >= 15 is 0 Å². The summed E-state index contributed by atoms with van der Waals surface area (Å²) in [4.78, 5) is 12.7. The average molecular weight is 461 g/mol. The predicted octanol–water partition coefficient (Wildman–Crippen LogP) is 3.38. The smallest absolute Gasteiger partial charge is 0.251 e. The van der Waals surface area contributed by atoms with E-state index in [0.717, 1.165) is 5.56 Å². The maximum atomic E-state index is 13.1. The Balaban J connectivity index is 1.51. The molecule has 0 saturated carbocycles. The van der Waals surface area contributed by atoms with Gasteiger partial charge in [0.2, 0.25) is 10.0 Å². The van der Waals surface area contributed by atoms with Gasteiger partial charge >= 0.3 is 0 Å². The van der Waals surface area contributed by atoms with Gasteiger partial charge in [0.1, 0.15) is 0 Å². The number of carbonyl (C=O) groups is 1. The van der Waals surface area contributed by atoms with Gasteiger partial charge in [0.05, 0.1) is 23.2 Å².